The number of halogens is 1. The number of furan rings is 1. The zero-order chi connectivity index (χ0) is 29.8. The lowest BCUT2D eigenvalue weighted by Gasteiger charge is -2.24. The number of nitrogens with zero attached hydrogens (tertiary/aromatic N) is 1. The number of nitrogens with two attached hydrogens (primary N) is 1. The first-order valence-electron chi connectivity index (χ1n) is 13.1. The number of fused-ring (bicyclic) bond motifs is 1. The summed E-state index contributed by atoms with van der Waals surface area (Å²) in [7, 11) is 3.70. The van der Waals surface area contributed by atoms with Gasteiger partial charge in [-0.25, -0.2) is 4.39 Å². The summed E-state index contributed by atoms with van der Waals surface area (Å²) < 4.78 is 38.2. The highest BCUT2D eigenvalue weighted by atomic mass is 32.7. The highest BCUT2D eigenvalue weighted by Crippen LogP contribution is 2.48. The van der Waals surface area contributed by atoms with E-state index in [0.29, 0.717) is 68.0 Å². The Kier molecular flexibility index (Phi) is 13.7. The Morgan fingerprint density at radius 1 is 1.10 bits per heavy atom. The van der Waals surface area contributed by atoms with Crippen LogP contribution in [0.15, 0.2) is 40.8 Å². The third-order valence-corrected chi connectivity index (χ3v) is 7.15. The molecule has 1 aliphatic rings. The van der Waals surface area contributed by atoms with E-state index in [2.05, 4.69) is 36.4 Å². The van der Waals surface area contributed by atoms with Gasteiger partial charge in [-0.2, -0.15) is 12.2 Å². The molecule has 0 saturated heterocycles. The van der Waals surface area contributed by atoms with Gasteiger partial charge in [0.1, 0.15) is 23.8 Å². The van der Waals surface area contributed by atoms with E-state index in [0.717, 1.165) is 23.9 Å². The van der Waals surface area contributed by atoms with Gasteiger partial charge in [-0.3, -0.25) is 9.59 Å². The van der Waals surface area contributed by atoms with Crippen LogP contribution in [-0.4, -0.2) is 71.3 Å². The predicted octanol–water partition coefficient (Wildman–Crippen LogP) is 4.80. The summed E-state index contributed by atoms with van der Waals surface area (Å²) in [4.78, 5) is 23.6. The topological polar surface area (TPSA) is 116 Å². The molecule has 1 heterocycles. The SMILES string of the molecule is CNC(=O)c1c(-c2ccc(F)cc2)oc2cc(N(CCOCCOCCOCC(N)=O)SC)c(C3CC3)cc12.PS. The van der Waals surface area contributed by atoms with Gasteiger partial charge in [0.05, 0.1) is 50.8 Å². The van der Waals surface area contributed by atoms with Crippen LogP contribution in [0, 0.1) is 5.82 Å². The van der Waals surface area contributed by atoms with E-state index in [1.807, 2.05) is 12.3 Å². The molecule has 1 saturated carbocycles. The smallest absolute Gasteiger partial charge is 0.255 e. The number of rotatable bonds is 16. The maximum atomic E-state index is 13.6. The molecule has 4 rings (SSSR count). The molecular weight excluding hydrogens is 588 g/mol. The first-order chi connectivity index (χ1) is 19.9. The average molecular weight is 626 g/mol. The Morgan fingerprint density at radius 3 is 2.32 bits per heavy atom. The molecule has 13 heteroatoms. The number of amides is 2. The van der Waals surface area contributed by atoms with Crippen LogP contribution in [0.5, 0.6) is 0 Å². The molecule has 0 radical (unpaired) electrons. The Bertz CT molecular complexity index is 1290. The minimum atomic E-state index is -0.507. The standard InChI is InChI=1S/C28H34FN3O6S.H3PS/c1-31-28(34)26-22-15-21(18-3-4-18)23(16-24(22)38-27(26)19-5-7-20(29)8-6-19)32(39-2)9-10-35-11-12-36-13-14-37-17-25(30)33;1-2/h5-8,15-16,18H,3-4,9-14,17H2,1-2H3,(H2,30,33)(H,31,34);2H,1H2. The number of anilines is 1. The van der Waals surface area contributed by atoms with Crippen molar-refractivity contribution in [3.63, 3.8) is 0 Å². The molecule has 0 bridgehead atoms. The number of nitrogens with one attached hydrogen (secondary N) is 1. The second kappa shape index (κ2) is 16.9. The van der Waals surface area contributed by atoms with Crippen LogP contribution in [0.4, 0.5) is 10.1 Å². The number of carbonyl (C=O) groups is 2. The fourth-order valence-corrected chi connectivity index (χ4v) is 4.92. The highest BCUT2D eigenvalue weighted by Gasteiger charge is 2.31. The van der Waals surface area contributed by atoms with Crippen LogP contribution in [0.1, 0.15) is 34.7 Å². The minimum Gasteiger partial charge on any atom is -0.455 e. The van der Waals surface area contributed by atoms with Crippen LogP contribution >= 0.6 is 32.6 Å². The lowest BCUT2D eigenvalue weighted by atomic mass is 10.0. The van der Waals surface area contributed by atoms with E-state index in [1.54, 1.807) is 31.1 Å². The second-order valence-corrected chi connectivity index (χ2v) is 9.91. The number of hydrogen-bond acceptors (Lipinski definition) is 9. The minimum absolute atomic E-state index is 0.113. The Hall–Kier alpha value is -2.34. The summed E-state index contributed by atoms with van der Waals surface area (Å²) in [6, 6.07) is 10.0. The van der Waals surface area contributed by atoms with Crippen molar-refractivity contribution in [2.24, 2.45) is 5.73 Å². The van der Waals surface area contributed by atoms with E-state index in [9.17, 15) is 14.0 Å². The fraction of sp³-hybridized carbons (Fsp3) is 0.429. The van der Waals surface area contributed by atoms with E-state index in [4.69, 9.17) is 24.4 Å². The van der Waals surface area contributed by atoms with Crippen LogP contribution in [-0.2, 0) is 19.0 Å². The van der Waals surface area contributed by atoms with Crippen LogP contribution in [0.2, 0.25) is 0 Å². The van der Waals surface area contributed by atoms with E-state index in [1.165, 1.54) is 17.7 Å². The van der Waals surface area contributed by atoms with Gasteiger partial charge < -0.3 is 34.0 Å². The zero-order valence-electron chi connectivity index (χ0n) is 23.2. The van der Waals surface area contributed by atoms with Crippen molar-refractivity contribution >= 4 is 61.1 Å². The molecule has 1 fully saturated rings. The molecule has 224 valence electrons. The molecule has 2 amide bonds. The first-order valence-corrected chi connectivity index (χ1v) is 16.3. The quantitative estimate of drug-likeness (QED) is 0.0900. The number of hydrogen-bond donors (Lipinski definition) is 3. The Balaban J connectivity index is 0.00000226. The van der Waals surface area contributed by atoms with Crippen molar-refractivity contribution in [3.8, 4) is 11.3 Å². The van der Waals surface area contributed by atoms with Gasteiger partial charge in [-0.1, -0.05) is 20.4 Å². The number of ether oxygens (including phenoxy) is 3. The summed E-state index contributed by atoms with van der Waals surface area (Å²) in [6.07, 6.45) is 4.20. The van der Waals surface area contributed by atoms with Crippen LogP contribution in [0.25, 0.3) is 22.3 Å². The van der Waals surface area contributed by atoms with Crippen LogP contribution in [0.3, 0.4) is 0 Å². The summed E-state index contributed by atoms with van der Waals surface area (Å²) >= 11 is 5.04. The molecule has 0 spiro atoms. The number of thiol groups is 1. The number of benzene rings is 2. The molecule has 9 nitrogen and oxygen atoms in total. The molecule has 1 aromatic heterocycles. The van der Waals surface area contributed by atoms with E-state index in [-0.39, 0.29) is 18.3 Å². The van der Waals surface area contributed by atoms with Crippen molar-refractivity contribution in [2.45, 2.75) is 18.8 Å². The Labute approximate surface area is 251 Å². The molecule has 41 heavy (non-hydrogen) atoms. The molecule has 1 atom stereocenters. The molecule has 2 aromatic carbocycles. The third kappa shape index (κ3) is 9.33. The molecule has 1 unspecified atom stereocenters. The summed E-state index contributed by atoms with van der Waals surface area (Å²) in [5.74, 6) is -0.269. The van der Waals surface area contributed by atoms with Gasteiger partial charge >= 0.3 is 0 Å². The van der Waals surface area contributed by atoms with Gasteiger partial charge in [0.25, 0.3) is 5.91 Å². The van der Waals surface area contributed by atoms with E-state index >= 15 is 0 Å². The van der Waals surface area contributed by atoms with E-state index < -0.39 is 5.91 Å². The van der Waals surface area contributed by atoms with Crippen molar-refractivity contribution in [1.29, 1.82) is 0 Å². The third-order valence-electron chi connectivity index (χ3n) is 6.33. The lowest BCUT2D eigenvalue weighted by Crippen LogP contribution is -2.22. The molecule has 0 aliphatic heterocycles. The number of primary amides is 1. The zero-order valence-corrected chi connectivity index (χ0v) is 26.1. The van der Waals surface area contributed by atoms with Crippen molar-refractivity contribution in [3.05, 3.63) is 53.3 Å². The molecular formula is C28H37FN3O6PS2. The van der Waals surface area contributed by atoms with Crippen LogP contribution < -0.4 is 15.4 Å². The molecule has 1 aliphatic carbocycles. The largest absolute Gasteiger partial charge is 0.455 e. The summed E-state index contributed by atoms with van der Waals surface area (Å²) in [5, 5.41) is 3.46. The molecule has 3 aromatic rings. The summed E-state index contributed by atoms with van der Waals surface area (Å²) in [6.45, 7) is 2.53. The maximum absolute atomic E-state index is 13.6. The number of carbonyl (C=O) groups excluding carboxylic acids is 2. The van der Waals surface area contributed by atoms with Crippen molar-refractivity contribution in [2.75, 3.05) is 63.8 Å². The predicted molar refractivity (Wildman–Crippen MR) is 168 cm³/mol. The van der Waals surface area contributed by atoms with Gasteiger partial charge in [0.15, 0.2) is 0 Å². The van der Waals surface area contributed by atoms with Gasteiger partial charge in [0.2, 0.25) is 5.91 Å². The van der Waals surface area contributed by atoms with Crippen molar-refractivity contribution < 1.29 is 32.6 Å². The first kappa shape index (κ1) is 33.2. The normalized spacial score (nSPS) is 12.6. The van der Waals surface area contributed by atoms with Gasteiger partial charge in [0, 0.05) is 30.3 Å². The molecule has 3 N–H and O–H groups in total. The second-order valence-electron chi connectivity index (χ2n) is 9.10. The fourth-order valence-electron chi connectivity index (χ4n) is 4.31. The average Bonchev–Trinajstić information content (AvgIpc) is 3.76. The highest BCUT2D eigenvalue weighted by molar-refractivity contribution is 8.31. The summed E-state index contributed by atoms with van der Waals surface area (Å²) in [5.41, 5.74) is 8.91. The maximum Gasteiger partial charge on any atom is 0.255 e. The lowest BCUT2D eigenvalue weighted by molar-refractivity contribution is -0.123. The van der Waals surface area contributed by atoms with Gasteiger partial charge in [-0.15, -0.1) is 0 Å². The monoisotopic (exact) mass is 625 g/mol. The van der Waals surface area contributed by atoms with Gasteiger partial charge in [-0.05, 0) is 54.7 Å². The van der Waals surface area contributed by atoms with Crippen molar-refractivity contribution in [1.82, 2.24) is 5.32 Å². The Morgan fingerprint density at radius 2 is 1.73 bits per heavy atom.